The van der Waals surface area contributed by atoms with Crippen LogP contribution in [0, 0.1) is 5.92 Å². The van der Waals surface area contributed by atoms with Gasteiger partial charge in [0.05, 0.1) is 26.8 Å². The molecule has 0 bridgehead atoms. The first-order valence-corrected chi connectivity index (χ1v) is 10.2. The molecule has 0 spiro atoms. The van der Waals surface area contributed by atoms with Gasteiger partial charge in [-0.25, -0.2) is 4.98 Å². The number of ether oxygens (including phenoxy) is 3. The van der Waals surface area contributed by atoms with Crippen LogP contribution in [0.1, 0.15) is 18.4 Å². The van der Waals surface area contributed by atoms with Gasteiger partial charge in [0.15, 0.2) is 11.5 Å². The molecule has 2 heterocycles. The van der Waals surface area contributed by atoms with E-state index in [0.29, 0.717) is 40.0 Å². The smallest absolute Gasteiger partial charge is 0.264 e. The first kappa shape index (κ1) is 20.1. The molecule has 0 unspecified atom stereocenters. The van der Waals surface area contributed by atoms with E-state index >= 15 is 0 Å². The van der Waals surface area contributed by atoms with Crippen LogP contribution in [0.2, 0.25) is 0 Å². The van der Waals surface area contributed by atoms with Gasteiger partial charge in [0, 0.05) is 19.2 Å². The second-order valence-electron chi connectivity index (χ2n) is 7.55. The number of aromatic amines is 1. The van der Waals surface area contributed by atoms with E-state index in [4.69, 9.17) is 19.2 Å². The molecule has 0 atom stereocenters. The van der Waals surface area contributed by atoms with Gasteiger partial charge in [0.25, 0.3) is 5.56 Å². The number of aromatic nitrogens is 2. The summed E-state index contributed by atoms with van der Waals surface area (Å²) in [5.41, 5.74) is 1.65. The lowest BCUT2D eigenvalue weighted by molar-refractivity contribution is 0.327. The summed E-state index contributed by atoms with van der Waals surface area (Å²) in [6, 6.07) is 12.3. The molecule has 3 aromatic rings. The third-order valence-corrected chi connectivity index (χ3v) is 5.77. The molecule has 1 saturated heterocycles. The van der Waals surface area contributed by atoms with Gasteiger partial charge in [-0.3, -0.25) is 9.78 Å². The Morgan fingerprint density at radius 1 is 1.03 bits per heavy atom. The Labute approximate surface area is 175 Å². The summed E-state index contributed by atoms with van der Waals surface area (Å²) in [5.74, 6) is 2.41. The molecule has 158 valence electrons. The third-order valence-electron chi connectivity index (χ3n) is 5.77. The highest BCUT2D eigenvalue weighted by atomic mass is 16.5. The van der Waals surface area contributed by atoms with Crippen molar-refractivity contribution >= 4 is 16.9 Å². The Morgan fingerprint density at radius 2 is 1.73 bits per heavy atom. The van der Waals surface area contributed by atoms with Crippen molar-refractivity contribution in [3.05, 3.63) is 52.3 Å². The summed E-state index contributed by atoms with van der Waals surface area (Å²) in [6.45, 7) is 1.72. The van der Waals surface area contributed by atoms with E-state index in [0.717, 1.165) is 32.4 Å². The highest BCUT2D eigenvalue weighted by Gasteiger charge is 2.24. The van der Waals surface area contributed by atoms with Crippen LogP contribution in [-0.4, -0.2) is 44.4 Å². The zero-order valence-corrected chi connectivity index (χ0v) is 17.6. The van der Waals surface area contributed by atoms with E-state index in [-0.39, 0.29) is 5.56 Å². The van der Waals surface area contributed by atoms with Crippen molar-refractivity contribution in [2.24, 2.45) is 5.92 Å². The van der Waals surface area contributed by atoms with E-state index in [1.54, 1.807) is 13.2 Å². The number of methoxy groups -OCH3 is 3. The molecule has 30 heavy (non-hydrogen) atoms. The molecule has 0 aliphatic carbocycles. The SMILES string of the molecule is COc1cc2nc(N3CCC(Cc4ccccc4)CC3)[nH]c(=O)c2c(OC)c1OC. The second-order valence-corrected chi connectivity index (χ2v) is 7.55. The predicted molar refractivity (Wildman–Crippen MR) is 117 cm³/mol. The number of anilines is 1. The summed E-state index contributed by atoms with van der Waals surface area (Å²) in [5, 5.41) is 0.359. The number of H-pyrrole nitrogens is 1. The number of benzene rings is 2. The van der Waals surface area contributed by atoms with E-state index in [1.807, 2.05) is 6.07 Å². The lowest BCUT2D eigenvalue weighted by atomic mass is 9.90. The molecule has 0 saturated carbocycles. The normalized spacial score (nSPS) is 14.7. The molecule has 7 heteroatoms. The first-order chi connectivity index (χ1) is 14.6. The highest BCUT2D eigenvalue weighted by Crippen LogP contribution is 2.41. The maximum atomic E-state index is 12.9. The molecule has 1 aliphatic heterocycles. The van der Waals surface area contributed by atoms with Gasteiger partial charge in [-0.2, -0.15) is 0 Å². The number of rotatable bonds is 6. The quantitative estimate of drug-likeness (QED) is 0.672. The van der Waals surface area contributed by atoms with Crippen LogP contribution in [0.15, 0.2) is 41.2 Å². The minimum atomic E-state index is -0.251. The van der Waals surface area contributed by atoms with Crippen molar-refractivity contribution in [1.82, 2.24) is 9.97 Å². The maximum Gasteiger partial charge on any atom is 0.264 e. The van der Waals surface area contributed by atoms with E-state index in [9.17, 15) is 4.79 Å². The largest absolute Gasteiger partial charge is 0.493 e. The van der Waals surface area contributed by atoms with Crippen molar-refractivity contribution in [1.29, 1.82) is 0 Å². The summed E-state index contributed by atoms with van der Waals surface area (Å²) in [7, 11) is 4.57. The summed E-state index contributed by atoms with van der Waals surface area (Å²) in [4.78, 5) is 22.7. The molecule has 1 fully saturated rings. The van der Waals surface area contributed by atoms with Crippen LogP contribution in [0.25, 0.3) is 10.9 Å². The van der Waals surface area contributed by atoms with Crippen LogP contribution in [-0.2, 0) is 6.42 Å². The van der Waals surface area contributed by atoms with Gasteiger partial charge >= 0.3 is 0 Å². The Kier molecular flexibility index (Phi) is 5.79. The fraction of sp³-hybridized carbons (Fsp3) is 0.391. The fourth-order valence-corrected chi connectivity index (χ4v) is 4.20. The second kappa shape index (κ2) is 8.65. The molecule has 1 N–H and O–H groups in total. The average Bonchev–Trinajstić information content (AvgIpc) is 2.78. The maximum absolute atomic E-state index is 12.9. The molecule has 0 amide bonds. The average molecular weight is 409 g/mol. The standard InChI is InChI=1S/C23H27N3O4/c1-28-18-14-17-19(21(30-3)20(18)29-2)22(27)25-23(24-17)26-11-9-16(10-12-26)13-15-7-5-4-6-8-15/h4-8,14,16H,9-13H2,1-3H3,(H,24,25,27). The number of fused-ring (bicyclic) bond motifs is 1. The number of piperidine rings is 1. The zero-order chi connectivity index (χ0) is 21.1. The van der Waals surface area contributed by atoms with Gasteiger partial charge in [0.1, 0.15) is 5.39 Å². The van der Waals surface area contributed by atoms with Crippen LogP contribution in [0.4, 0.5) is 5.95 Å². The number of hydrogen-bond donors (Lipinski definition) is 1. The van der Waals surface area contributed by atoms with E-state index in [2.05, 4.69) is 34.1 Å². The molecule has 7 nitrogen and oxygen atoms in total. The van der Waals surface area contributed by atoms with Crippen molar-refractivity contribution in [2.75, 3.05) is 39.3 Å². The van der Waals surface area contributed by atoms with Gasteiger partial charge in [0.2, 0.25) is 11.7 Å². The number of nitrogens with one attached hydrogen (secondary N) is 1. The molecule has 1 aliphatic rings. The van der Waals surface area contributed by atoms with Gasteiger partial charge in [-0.15, -0.1) is 0 Å². The zero-order valence-electron chi connectivity index (χ0n) is 17.6. The summed E-state index contributed by atoms with van der Waals surface area (Å²) in [6.07, 6.45) is 3.21. The van der Waals surface area contributed by atoms with Crippen LogP contribution >= 0.6 is 0 Å². The Morgan fingerprint density at radius 3 is 2.37 bits per heavy atom. The predicted octanol–water partition coefficient (Wildman–Crippen LogP) is 3.41. The van der Waals surface area contributed by atoms with Crippen molar-refractivity contribution in [3.63, 3.8) is 0 Å². The van der Waals surface area contributed by atoms with E-state index in [1.165, 1.54) is 19.8 Å². The lowest BCUT2D eigenvalue weighted by Gasteiger charge is -2.32. The molecule has 4 rings (SSSR count). The molecular weight excluding hydrogens is 382 g/mol. The van der Waals surface area contributed by atoms with Gasteiger partial charge in [-0.1, -0.05) is 30.3 Å². The monoisotopic (exact) mass is 409 g/mol. The van der Waals surface area contributed by atoms with Crippen LogP contribution in [0.5, 0.6) is 17.2 Å². The Balaban J connectivity index is 1.59. The number of nitrogens with zero attached hydrogens (tertiary/aromatic N) is 2. The molecule has 2 aromatic carbocycles. The molecular formula is C23H27N3O4. The van der Waals surface area contributed by atoms with Crippen molar-refractivity contribution in [3.8, 4) is 17.2 Å². The Bertz CT molecular complexity index is 1070. The highest BCUT2D eigenvalue weighted by molar-refractivity contribution is 5.90. The first-order valence-electron chi connectivity index (χ1n) is 10.2. The topological polar surface area (TPSA) is 76.7 Å². The summed E-state index contributed by atoms with van der Waals surface area (Å²) >= 11 is 0. The third kappa shape index (κ3) is 3.79. The molecule has 0 radical (unpaired) electrons. The van der Waals surface area contributed by atoms with Crippen LogP contribution < -0.4 is 24.7 Å². The minimum Gasteiger partial charge on any atom is -0.493 e. The van der Waals surface area contributed by atoms with Crippen LogP contribution in [0.3, 0.4) is 0 Å². The minimum absolute atomic E-state index is 0.251. The van der Waals surface area contributed by atoms with Crippen molar-refractivity contribution in [2.45, 2.75) is 19.3 Å². The molecule has 1 aromatic heterocycles. The summed E-state index contributed by atoms with van der Waals surface area (Å²) < 4.78 is 16.2. The van der Waals surface area contributed by atoms with E-state index < -0.39 is 0 Å². The van der Waals surface area contributed by atoms with Gasteiger partial charge < -0.3 is 19.1 Å². The van der Waals surface area contributed by atoms with Gasteiger partial charge in [-0.05, 0) is 30.7 Å². The van der Waals surface area contributed by atoms with Crippen molar-refractivity contribution < 1.29 is 14.2 Å². The fourth-order valence-electron chi connectivity index (χ4n) is 4.20. The number of hydrogen-bond acceptors (Lipinski definition) is 6. The Hall–Kier alpha value is -3.22. The lowest BCUT2D eigenvalue weighted by Crippen LogP contribution is -2.36.